The van der Waals surface area contributed by atoms with Crippen LogP contribution in [-0.4, -0.2) is 35.1 Å². The Morgan fingerprint density at radius 1 is 1.40 bits per heavy atom. The zero-order chi connectivity index (χ0) is 15.0. The maximum absolute atomic E-state index is 12.2. The number of carbonyl (C=O) groups is 2. The van der Waals surface area contributed by atoms with E-state index in [-0.39, 0.29) is 17.6 Å². The molecule has 2 rings (SSSR count). The van der Waals surface area contributed by atoms with Crippen LogP contribution in [0.3, 0.4) is 0 Å². The average Bonchev–Trinajstić information content (AvgIpc) is 3.16. The van der Waals surface area contributed by atoms with Crippen LogP contribution < -0.4 is 5.32 Å². The number of carbonyl (C=O) groups excluding carboxylic acids is 1. The molecule has 0 bridgehead atoms. The highest BCUT2D eigenvalue weighted by Gasteiger charge is 2.33. The van der Waals surface area contributed by atoms with Gasteiger partial charge in [-0.15, -0.1) is 11.3 Å². The number of urea groups is 1. The van der Waals surface area contributed by atoms with E-state index in [0.717, 1.165) is 23.3 Å². The van der Waals surface area contributed by atoms with Crippen LogP contribution in [0.1, 0.15) is 40.6 Å². The van der Waals surface area contributed by atoms with Crippen molar-refractivity contribution in [2.75, 3.05) is 12.4 Å². The molecule has 1 aromatic rings. The van der Waals surface area contributed by atoms with Crippen LogP contribution in [0.15, 0.2) is 0 Å². The molecule has 0 aromatic carbocycles. The summed E-state index contributed by atoms with van der Waals surface area (Å²) in [4.78, 5) is 26.1. The van der Waals surface area contributed by atoms with Crippen LogP contribution >= 0.6 is 11.3 Å². The van der Waals surface area contributed by atoms with Gasteiger partial charge in [0, 0.05) is 18.0 Å². The van der Waals surface area contributed by atoms with E-state index in [9.17, 15) is 14.7 Å². The predicted octanol–water partition coefficient (Wildman–Crippen LogP) is 3.33. The molecular weight excluding hydrogens is 276 g/mol. The van der Waals surface area contributed by atoms with Crippen LogP contribution in [0, 0.1) is 19.8 Å². The Kier molecular flexibility index (Phi) is 4.04. The minimum Gasteiger partial charge on any atom is -0.478 e. The average molecular weight is 296 g/mol. The standard InChI is InChI=1S/C14H20N2O3S/c1-7-9(3)20-12(11(7)13(17)18)15-14(19)16(4)8(2)10-5-6-10/h8,10H,5-6H2,1-4H3,(H,15,19)(H,17,18). The lowest BCUT2D eigenvalue weighted by atomic mass is 10.1. The number of aryl methyl sites for hydroxylation is 1. The Labute approximate surface area is 122 Å². The van der Waals surface area contributed by atoms with Gasteiger partial charge in [-0.3, -0.25) is 5.32 Å². The SMILES string of the molecule is Cc1sc(NC(=O)N(C)C(C)C2CC2)c(C(=O)O)c1C. The molecule has 1 fully saturated rings. The molecule has 1 aromatic heterocycles. The van der Waals surface area contributed by atoms with Crippen molar-refractivity contribution >= 4 is 28.3 Å². The Balaban J connectivity index is 2.15. The molecule has 6 heteroatoms. The zero-order valence-corrected chi connectivity index (χ0v) is 13.0. The van der Waals surface area contributed by atoms with Crippen molar-refractivity contribution in [2.24, 2.45) is 5.92 Å². The van der Waals surface area contributed by atoms with Gasteiger partial charge in [0.1, 0.15) is 5.00 Å². The predicted molar refractivity (Wildman–Crippen MR) is 79.7 cm³/mol. The molecule has 1 aliphatic rings. The Morgan fingerprint density at radius 3 is 2.50 bits per heavy atom. The van der Waals surface area contributed by atoms with Crippen molar-refractivity contribution < 1.29 is 14.7 Å². The first-order valence-corrected chi connectivity index (χ1v) is 7.51. The van der Waals surface area contributed by atoms with E-state index in [4.69, 9.17) is 0 Å². The summed E-state index contributed by atoms with van der Waals surface area (Å²) in [7, 11) is 1.76. The molecule has 0 saturated heterocycles. The fraction of sp³-hybridized carbons (Fsp3) is 0.571. The quantitative estimate of drug-likeness (QED) is 0.895. The van der Waals surface area contributed by atoms with Crippen LogP contribution in [0.25, 0.3) is 0 Å². The van der Waals surface area contributed by atoms with Crippen LogP contribution in [-0.2, 0) is 0 Å². The second-order valence-electron chi connectivity index (χ2n) is 5.41. The summed E-state index contributed by atoms with van der Waals surface area (Å²) in [5, 5.41) is 12.4. The summed E-state index contributed by atoms with van der Waals surface area (Å²) in [6.07, 6.45) is 2.33. The lowest BCUT2D eigenvalue weighted by Gasteiger charge is -2.24. The first-order valence-electron chi connectivity index (χ1n) is 6.70. The molecule has 0 radical (unpaired) electrons. The molecule has 2 amide bonds. The molecule has 1 atom stereocenters. The molecule has 20 heavy (non-hydrogen) atoms. The first kappa shape index (κ1) is 14.8. The van der Waals surface area contributed by atoms with E-state index in [0.29, 0.717) is 10.9 Å². The van der Waals surface area contributed by atoms with Gasteiger partial charge in [-0.2, -0.15) is 0 Å². The lowest BCUT2D eigenvalue weighted by molar-refractivity contribution is 0.0697. The van der Waals surface area contributed by atoms with Crippen LogP contribution in [0.5, 0.6) is 0 Å². The minimum atomic E-state index is -1.000. The van der Waals surface area contributed by atoms with Gasteiger partial charge < -0.3 is 10.0 Å². The molecule has 110 valence electrons. The van der Waals surface area contributed by atoms with Crippen molar-refractivity contribution in [3.63, 3.8) is 0 Å². The summed E-state index contributed by atoms with van der Waals surface area (Å²) >= 11 is 1.31. The lowest BCUT2D eigenvalue weighted by Crippen LogP contribution is -2.39. The van der Waals surface area contributed by atoms with E-state index in [2.05, 4.69) is 5.32 Å². The largest absolute Gasteiger partial charge is 0.478 e. The second kappa shape index (κ2) is 5.44. The number of hydrogen-bond donors (Lipinski definition) is 2. The Bertz CT molecular complexity index is 549. The van der Waals surface area contributed by atoms with Crippen molar-refractivity contribution in [1.29, 1.82) is 0 Å². The van der Waals surface area contributed by atoms with Gasteiger partial charge in [0.25, 0.3) is 0 Å². The number of hydrogen-bond acceptors (Lipinski definition) is 3. The number of rotatable bonds is 4. The summed E-state index contributed by atoms with van der Waals surface area (Å²) < 4.78 is 0. The van der Waals surface area contributed by atoms with E-state index in [1.54, 1.807) is 18.9 Å². The van der Waals surface area contributed by atoms with Crippen molar-refractivity contribution in [2.45, 2.75) is 39.7 Å². The third-order valence-corrected chi connectivity index (χ3v) is 5.18. The van der Waals surface area contributed by atoms with E-state index >= 15 is 0 Å². The molecule has 2 N–H and O–H groups in total. The maximum atomic E-state index is 12.2. The molecular formula is C14H20N2O3S. The Hall–Kier alpha value is -1.56. The molecule has 0 aliphatic heterocycles. The summed E-state index contributed by atoms with van der Waals surface area (Å²) in [6, 6.07) is -0.0569. The number of nitrogens with one attached hydrogen (secondary N) is 1. The second-order valence-corrected chi connectivity index (χ2v) is 6.64. The number of nitrogens with zero attached hydrogens (tertiary/aromatic N) is 1. The highest BCUT2D eigenvalue weighted by atomic mass is 32.1. The molecule has 1 aliphatic carbocycles. The molecule has 1 heterocycles. The van der Waals surface area contributed by atoms with E-state index in [1.807, 2.05) is 13.8 Å². The van der Waals surface area contributed by atoms with Gasteiger partial charge in [-0.05, 0) is 45.1 Å². The smallest absolute Gasteiger partial charge is 0.338 e. The third kappa shape index (κ3) is 2.80. The molecule has 5 nitrogen and oxygen atoms in total. The van der Waals surface area contributed by atoms with Crippen molar-refractivity contribution in [3.05, 3.63) is 16.0 Å². The van der Waals surface area contributed by atoms with Gasteiger partial charge in [-0.25, -0.2) is 9.59 Å². The minimum absolute atomic E-state index is 0.186. The van der Waals surface area contributed by atoms with Crippen molar-refractivity contribution in [1.82, 2.24) is 4.90 Å². The Morgan fingerprint density at radius 2 is 2.00 bits per heavy atom. The highest BCUT2D eigenvalue weighted by molar-refractivity contribution is 7.16. The normalized spacial score (nSPS) is 15.8. The summed E-state index contributed by atoms with van der Waals surface area (Å²) in [6.45, 7) is 5.65. The number of carboxylic acid groups (broad SMARTS) is 1. The summed E-state index contributed by atoms with van der Waals surface area (Å²) in [5.41, 5.74) is 0.920. The first-order chi connectivity index (χ1) is 9.32. The number of thiophene rings is 1. The third-order valence-electron chi connectivity index (χ3n) is 4.06. The van der Waals surface area contributed by atoms with E-state index in [1.165, 1.54) is 11.3 Å². The molecule has 1 saturated carbocycles. The van der Waals surface area contributed by atoms with Gasteiger partial charge in [-0.1, -0.05) is 0 Å². The number of amides is 2. The van der Waals surface area contributed by atoms with Crippen molar-refractivity contribution in [3.8, 4) is 0 Å². The fourth-order valence-corrected chi connectivity index (χ4v) is 3.28. The monoisotopic (exact) mass is 296 g/mol. The topological polar surface area (TPSA) is 69.6 Å². The van der Waals surface area contributed by atoms with E-state index < -0.39 is 5.97 Å². The van der Waals surface area contributed by atoms with Gasteiger partial charge in [0.05, 0.1) is 5.56 Å². The van der Waals surface area contributed by atoms with Gasteiger partial charge in [0.15, 0.2) is 0 Å². The summed E-state index contributed by atoms with van der Waals surface area (Å²) in [5.74, 6) is -0.420. The number of anilines is 1. The number of aromatic carboxylic acids is 1. The van der Waals surface area contributed by atoms with Crippen LogP contribution in [0.4, 0.5) is 9.80 Å². The van der Waals surface area contributed by atoms with Crippen LogP contribution in [0.2, 0.25) is 0 Å². The zero-order valence-electron chi connectivity index (χ0n) is 12.2. The molecule has 0 spiro atoms. The van der Waals surface area contributed by atoms with Gasteiger partial charge in [0.2, 0.25) is 0 Å². The maximum Gasteiger partial charge on any atom is 0.338 e. The fourth-order valence-electron chi connectivity index (χ4n) is 2.24. The molecule has 1 unspecified atom stereocenters. The van der Waals surface area contributed by atoms with Gasteiger partial charge >= 0.3 is 12.0 Å². The highest BCUT2D eigenvalue weighted by Crippen LogP contribution is 2.36. The number of carboxylic acids is 1.